The Balaban J connectivity index is 2.74. The molecule has 0 bridgehead atoms. The maximum atomic E-state index is 4.08. The molecule has 0 atom stereocenters. The average molecular weight is 126 g/mol. The van der Waals surface area contributed by atoms with Gasteiger partial charge in [-0.1, -0.05) is 0 Å². The third-order valence-corrected chi connectivity index (χ3v) is 1.30. The molecule has 0 radical (unpaired) electrons. The Labute approximate surface area is 54.5 Å². The molecule has 1 heterocycles. The highest BCUT2D eigenvalue weighted by Gasteiger charge is 1.93. The second-order valence-electron chi connectivity index (χ2n) is 1.95. The summed E-state index contributed by atoms with van der Waals surface area (Å²) in [7, 11) is 0. The lowest BCUT2D eigenvalue weighted by molar-refractivity contribution is -0.386. The van der Waals surface area contributed by atoms with E-state index in [1.54, 1.807) is 0 Å². The Hall–Kier alpha value is -0.830. The van der Waals surface area contributed by atoms with Gasteiger partial charge in [0.15, 0.2) is 0 Å². The lowest BCUT2D eigenvalue weighted by Gasteiger charge is -1.88. The van der Waals surface area contributed by atoms with Crippen LogP contribution < -0.4 is 5.73 Å². The van der Waals surface area contributed by atoms with Crippen LogP contribution in [-0.4, -0.2) is 9.78 Å². The van der Waals surface area contributed by atoms with Gasteiger partial charge in [0.2, 0.25) is 0 Å². The van der Waals surface area contributed by atoms with Crippen LogP contribution in [0.3, 0.4) is 0 Å². The molecule has 0 saturated heterocycles. The molecule has 1 aromatic rings. The molecule has 1 rings (SSSR count). The Kier molecular flexibility index (Phi) is 1.85. The van der Waals surface area contributed by atoms with Crippen molar-refractivity contribution in [2.75, 3.05) is 0 Å². The number of aromatic nitrogens is 2. The van der Waals surface area contributed by atoms with Crippen LogP contribution in [-0.2, 0) is 13.1 Å². The Bertz CT molecular complexity index is 162. The van der Waals surface area contributed by atoms with Crippen molar-refractivity contribution in [2.45, 2.75) is 20.0 Å². The first kappa shape index (κ1) is 6.29. The van der Waals surface area contributed by atoms with E-state index in [0.717, 1.165) is 13.1 Å². The fraction of sp³-hybridized carbons (Fsp3) is 0.500. The van der Waals surface area contributed by atoms with Crippen LogP contribution in [0.15, 0.2) is 12.4 Å². The van der Waals surface area contributed by atoms with E-state index < -0.39 is 0 Å². The zero-order chi connectivity index (χ0) is 6.69. The molecule has 0 aliphatic heterocycles. The zero-order valence-electron chi connectivity index (χ0n) is 5.67. The first-order valence-corrected chi connectivity index (χ1v) is 3.17. The summed E-state index contributed by atoms with van der Waals surface area (Å²) in [5, 5.41) is 4.08. The van der Waals surface area contributed by atoms with Gasteiger partial charge >= 0.3 is 0 Å². The molecule has 0 aromatic carbocycles. The summed E-state index contributed by atoms with van der Waals surface area (Å²) in [5.74, 6) is 0. The maximum absolute atomic E-state index is 4.08. The van der Waals surface area contributed by atoms with Gasteiger partial charge in [0.05, 0.1) is 6.20 Å². The molecule has 50 valence electrons. The summed E-state index contributed by atoms with van der Waals surface area (Å²) in [6.07, 6.45) is 3.88. The normalized spacial score (nSPS) is 10.0. The third-order valence-electron chi connectivity index (χ3n) is 1.30. The van der Waals surface area contributed by atoms with E-state index in [9.17, 15) is 0 Å². The molecule has 0 aliphatic carbocycles. The van der Waals surface area contributed by atoms with E-state index in [-0.39, 0.29) is 0 Å². The van der Waals surface area contributed by atoms with Gasteiger partial charge in [-0.3, -0.25) is 4.68 Å². The largest absolute Gasteiger partial charge is 0.354 e. The van der Waals surface area contributed by atoms with Crippen molar-refractivity contribution in [1.29, 1.82) is 0 Å². The maximum Gasteiger partial charge on any atom is 0.103 e. The zero-order valence-corrected chi connectivity index (χ0v) is 5.67. The van der Waals surface area contributed by atoms with Gasteiger partial charge in [-0.2, -0.15) is 5.10 Å². The number of hydrogen-bond acceptors (Lipinski definition) is 1. The number of nitrogens with zero attached hydrogens (tertiary/aromatic N) is 2. The third kappa shape index (κ3) is 1.29. The van der Waals surface area contributed by atoms with Gasteiger partial charge in [0.1, 0.15) is 6.54 Å². The summed E-state index contributed by atoms with van der Waals surface area (Å²) >= 11 is 0. The number of rotatable bonds is 2. The molecule has 0 aliphatic rings. The lowest BCUT2D eigenvalue weighted by Crippen LogP contribution is -2.47. The van der Waals surface area contributed by atoms with Crippen molar-refractivity contribution in [3.63, 3.8) is 0 Å². The van der Waals surface area contributed by atoms with Crippen LogP contribution in [0.2, 0.25) is 0 Å². The van der Waals surface area contributed by atoms with Crippen molar-refractivity contribution in [1.82, 2.24) is 9.78 Å². The summed E-state index contributed by atoms with van der Waals surface area (Å²) in [5.41, 5.74) is 4.96. The number of hydrogen-bond donors (Lipinski definition) is 1. The Morgan fingerprint density at radius 1 is 1.78 bits per heavy atom. The Morgan fingerprint density at radius 2 is 2.56 bits per heavy atom. The van der Waals surface area contributed by atoms with Gasteiger partial charge in [-0.05, 0) is 6.92 Å². The highest BCUT2D eigenvalue weighted by atomic mass is 15.3. The van der Waals surface area contributed by atoms with Gasteiger partial charge in [-0.25, -0.2) is 0 Å². The van der Waals surface area contributed by atoms with Crippen molar-refractivity contribution in [3.05, 3.63) is 18.0 Å². The van der Waals surface area contributed by atoms with E-state index in [2.05, 4.69) is 17.8 Å². The van der Waals surface area contributed by atoms with Crippen molar-refractivity contribution < 1.29 is 5.73 Å². The molecular weight excluding hydrogens is 114 g/mol. The molecule has 9 heavy (non-hydrogen) atoms. The van der Waals surface area contributed by atoms with Gasteiger partial charge in [-0.15, -0.1) is 0 Å². The molecule has 1 aromatic heterocycles. The van der Waals surface area contributed by atoms with Crippen LogP contribution in [0.25, 0.3) is 0 Å². The summed E-state index contributed by atoms with van der Waals surface area (Å²) < 4.78 is 1.90. The number of aryl methyl sites for hydroxylation is 1. The van der Waals surface area contributed by atoms with E-state index in [4.69, 9.17) is 0 Å². The molecule has 0 unspecified atom stereocenters. The molecular formula is C6H12N3+. The standard InChI is InChI=1S/C6H11N3/c1-2-9-5-6(3-7)4-8-9/h4-5H,2-3,7H2,1H3/p+1. The minimum Gasteiger partial charge on any atom is -0.354 e. The van der Waals surface area contributed by atoms with Crippen LogP contribution >= 0.6 is 0 Å². The predicted molar refractivity (Wildman–Crippen MR) is 34.5 cm³/mol. The van der Waals surface area contributed by atoms with E-state index >= 15 is 0 Å². The van der Waals surface area contributed by atoms with Gasteiger partial charge in [0.25, 0.3) is 0 Å². The monoisotopic (exact) mass is 126 g/mol. The molecule has 3 N–H and O–H groups in total. The molecule has 0 saturated carbocycles. The Morgan fingerprint density at radius 3 is 2.89 bits per heavy atom. The van der Waals surface area contributed by atoms with E-state index in [0.29, 0.717) is 0 Å². The molecule has 0 fully saturated rings. The second-order valence-corrected chi connectivity index (χ2v) is 1.95. The van der Waals surface area contributed by atoms with Crippen molar-refractivity contribution in [3.8, 4) is 0 Å². The molecule has 0 spiro atoms. The van der Waals surface area contributed by atoms with Gasteiger partial charge in [0, 0.05) is 18.3 Å². The van der Waals surface area contributed by atoms with Crippen LogP contribution in [0.4, 0.5) is 0 Å². The van der Waals surface area contributed by atoms with Crippen LogP contribution in [0.1, 0.15) is 12.5 Å². The van der Waals surface area contributed by atoms with Crippen LogP contribution in [0, 0.1) is 0 Å². The second kappa shape index (κ2) is 2.64. The predicted octanol–water partition coefficient (Wildman–Crippen LogP) is -0.355. The van der Waals surface area contributed by atoms with Crippen LogP contribution in [0.5, 0.6) is 0 Å². The van der Waals surface area contributed by atoms with Crippen molar-refractivity contribution >= 4 is 0 Å². The number of quaternary nitrogens is 1. The highest BCUT2D eigenvalue weighted by molar-refractivity contribution is 5.00. The quantitative estimate of drug-likeness (QED) is 0.578. The lowest BCUT2D eigenvalue weighted by atomic mass is 10.4. The molecule has 0 amide bonds. The first-order valence-electron chi connectivity index (χ1n) is 3.17. The summed E-state index contributed by atoms with van der Waals surface area (Å²) in [6, 6.07) is 0. The van der Waals surface area contributed by atoms with E-state index in [1.165, 1.54) is 5.56 Å². The average Bonchev–Trinajstić information content (AvgIpc) is 2.34. The summed E-state index contributed by atoms with van der Waals surface area (Å²) in [6.45, 7) is 3.85. The van der Waals surface area contributed by atoms with E-state index in [1.807, 2.05) is 17.1 Å². The minimum absolute atomic E-state index is 0.833. The molecule has 3 heteroatoms. The topological polar surface area (TPSA) is 45.5 Å². The SMILES string of the molecule is CCn1cc(C[NH3+])cn1. The summed E-state index contributed by atoms with van der Waals surface area (Å²) in [4.78, 5) is 0. The minimum atomic E-state index is 0.833. The first-order chi connectivity index (χ1) is 4.36. The smallest absolute Gasteiger partial charge is 0.103 e. The fourth-order valence-corrected chi connectivity index (χ4v) is 0.708. The molecule has 3 nitrogen and oxygen atoms in total. The van der Waals surface area contributed by atoms with Gasteiger partial charge < -0.3 is 5.73 Å². The highest BCUT2D eigenvalue weighted by Crippen LogP contribution is 1.93. The fourth-order valence-electron chi connectivity index (χ4n) is 0.708. The van der Waals surface area contributed by atoms with Crippen molar-refractivity contribution in [2.24, 2.45) is 0 Å².